The molecule has 1 aromatic rings. The molecule has 0 aliphatic rings. The van der Waals surface area contributed by atoms with E-state index >= 15 is 0 Å². The normalized spacial score (nSPS) is 13.9. The lowest BCUT2D eigenvalue weighted by atomic mass is 10.2. The Labute approximate surface area is 106 Å². The van der Waals surface area contributed by atoms with Crippen molar-refractivity contribution >= 4 is 13.3 Å². The van der Waals surface area contributed by atoms with Crippen LogP contribution in [0, 0.1) is 0 Å². The van der Waals surface area contributed by atoms with Crippen molar-refractivity contribution in [1.29, 1.82) is 0 Å². The van der Waals surface area contributed by atoms with Gasteiger partial charge in [0.15, 0.2) is 0 Å². The van der Waals surface area contributed by atoms with Gasteiger partial charge < -0.3 is 5.11 Å². The Hall–Kier alpha value is -1.12. The van der Waals surface area contributed by atoms with Gasteiger partial charge in [-0.3, -0.25) is 0 Å². The molecule has 0 saturated carbocycles. The number of benzene rings is 1. The van der Waals surface area contributed by atoms with E-state index in [0.717, 1.165) is 5.57 Å². The lowest BCUT2D eigenvalue weighted by Gasteiger charge is -2.24. The zero-order valence-corrected chi connectivity index (χ0v) is 12.2. The Balaban J connectivity index is 3.02. The van der Waals surface area contributed by atoms with Crippen molar-refractivity contribution in [3.05, 3.63) is 53.3 Å². The molecule has 0 atom stereocenters. The van der Waals surface area contributed by atoms with Crippen LogP contribution in [-0.2, 0) is 0 Å². The topological polar surface area (TPSA) is 20.2 Å². The zero-order chi connectivity index (χ0) is 12.9. The van der Waals surface area contributed by atoms with Crippen LogP contribution in [0.1, 0.15) is 13.8 Å². The average molecular weight is 246 g/mol. The molecular formula is C15H22OSi. The molecule has 0 radical (unpaired) electrons. The van der Waals surface area contributed by atoms with E-state index in [1.54, 1.807) is 0 Å². The molecule has 0 aliphatic carbocycles. The Morgan fingerprint density at radius 3 is 2.29 bits per heavy atom. The fraction of sp³-hybridized carbons (Fsp3) is 0.333. The number of hydrogen-bond acceptors (Lipinski definition) is 1. The van der Waals surface area contributed by atoms with Gasteiger partial charge in [0, 0.05) is 0 Å². The minimum Gasteiger partial charge on any atom is -0.392 e. The molecule has 1 nitrogen and oxygen atoms in total. The van der Waals surface area contributed by atoms with Crippen molar-refractivity contribution in [3.8, 4) is 0 Å². The molecule has 0 fully saturated rings. The van der Waals surface area contributed by atoms with Gasteiger partial charge in [0.1, 0.15) is 8.07 Å². The van der Waals surface area contributed by atoms with E-state index in [9.17, 15) is 0 Å². The third-order valence-corrected chi connectivity index (χ3v) is 7.23. The first-order valence-electron chi connectivity index (χ1n) is 6.00. The molecular weight excluding hydrogens is 224 g/mol. The predicted octanol–water partition coefficient (Wildman–Crippen LogP) is 3.03. The SMILES string of the molecule is CC(=C\CO)/C=C(\C)[Si](C)(C)c1ccccc1. The number of aliphatic hydroxyl groups is 1. The molecule has 92 valence electrons. The number of rotatable bonds is 4. The molecule has 0 saturated heterocycles. The van der Waals surface area contributed by atoms with E-state index in [1.165, 1.54) is 10.4 Å². The molecule has 1 aromatic carbocycles. The summed E-state index contributed by atoms with van der Waals surface area (Å²) in [6, 6.07) is 10.7. The fourth-order valence-corrected chi connectivity index (χ4v) is 3.88. The first kappa shape index (κ1) is 13.9. The van der Waals surface area contributed by atoms with Gasteiger partial charge in [-0.15, -0.1) is 0 Å². The molecule has 2 heteroatoms. The van der Waals surface area contributed by atoms with Crippen LogP contribution in [-0.4, -0.2) is 19.8 Å². The summed E-state index contributed by atoms with van der Waals surface area (Å²) in [6.45, 7) is 9.08. The number of allylic oxidation sites excluding steroid dienone is 3. The van der Waals surface area contributed by atoms with E-state index in [1.807, 2.05) is 13.0 Å². The molecule has 0 heterocycles. The monoisotopic (exact) mass is 246 g/mol. The van der Waals surface area contributed by atoms with Gasteiger partial charge in [0.25, 0.3) is 0 Å². The Morgan fingerprint density at radius 1 is 1.18 bits per heavy atom. The summed E-state index contributed by atoms with van der Waals surface area (Å²) in [7, 11) is -1.54. The van der Waals surface area contributed by atoms with Crippen LogP contribution in [0.4, 0.5) is 0 Å². The molecule has 17 heavy (non-hydrogen) atoms. The van der Waals surface area contributed by atoms with E-state index in [2.05, 4.69) is 56.4 Å². The maximum Gasteiger partial charge on any atom is 0.107 e. The minimum atomic E-state index is -1.54. The maximum atomic E-state index is 8.88. The van der Waals surface area contributed by atoms with Gasteiger partial charge in [-0.2, -0.15) is 0 Å². The van der Waals surface area contributed by atoms with Gasteiger partial charge in [-0.25, -0.2) is 0 Å². The highest BCUT2D eigenvalue weighted by Gasteiger charge is 2.24. The van der Waals surface area contributed by atoms with E-state index < -0.39 is 8.07 Å². The Morgan fingerprint density at radius 2 is 1.76 bits per heavy atom. The van der Waals surface area contributed by atoms with E-state index in [0.29, 0.717) is 0 Å². The molecule has 0 bridgehead atoms. The van der Waals surface area contributed by atoms with Gasteiger partial charge in [-0.1, -0.05) is 71.5 Å². The summed E-state index contributed by atoms with van der Waals surface area (Å²) in [5, 5.41) is 11.8. The summed E-state index contributed by atoms with van der Waals surface area (Å²) in [5.74, 6) is 0. The second kappa shape index (κ2) is 5.99. The van der Waals surface area contributed by atoms with Gasteiger partial charge in [-0.05, 0) is 13.8 Å². The molecule has 0 amide bonds. The first-order valence-corrected chi connectivity index (χ1v) is 9.00. The van der Waals surface area contributed by atoms with Crippen molar-refractivity contribution < 1.29 is 5.11 Å². The third-order valence-electron chi connectivity index (χ3n) is 3.34. The van der Waals surface area contributed by atoms with Gasteiger partial charge in [0.2, 0.25) is 0 Å². The van der Waals surface area contributed by atoms with Crippen LogP contribution >= 0.6 is 0 Å². The lowest BCUT2D eigenvalue weighted by Crippen LogP contribution is -2.42. The van der Waals surface area contributed by atoms with Crippen molar-refractivity contribution in [3.63, 3.8) is 0 Å². The molecule has 1 rings (SSSR count). The summed E-state index contributed by atoms with van der Waals surface area (Å²) in [4.78, 5) is 0. The van der Waals surface area contributed by atoms with Crippen LogP contribution in [0.25, 0.3) is 0 Å². The molecule has 1 N–H and O–H groups in total. The van der Waals surface area contributed by atoms with Crippen LogP contribution in [0.2, 0.25) is 13.1 Å². The van der Waals surface area contributed by atoms with Gasteiger partial charge in [0.05, 0.1) is 6.61 Å². The Bertz CT molecular complexity index is 416. The Kier molecular flexibility index (Phi) is 4.91. The zero-order valence-electron chi connectivity index (χ0n) is 11.2. The summed E-state index contributed by atoms with van der Waals surface area (Å²) < 4.78 is 0. The smallest absolute Gasteiger partial charge is 0.107 e. The fourth-order valence-electron chi connectivity index (χ4n) is 1.81. The largest absolute Gasteiger partial charge is 0.392 e. The van der Waals surface area contributed by atoms with Crippen LogP contribution in [0.3, 0.4) is 0 Å². The summed E-state index contributed by atoms with van der Waals surface area (Å²) >= 11 is 0. The van der Waals surface area contributed by atoms with Gasteiger partial charge >= 0.3 is 0 Å². The van der Waals surface area contributed by atoms with Crippen molar-refractivity contribution in [2.45, 2.75) is 26.9 Å². The van der Waals surface area contributed by atoms with E-state index in [-0.39, 0.29) is 6.61 Å². The standard InChI is InChI=1S/C15H22OSi/c1-13(10-11-16)12-14(2)17(3,4)15-8-6-5-7-9-15/h5-10,12,16H,11H2,1-4H3/b13-10+,14-12+. The third kappa shape index (κ3) is 3.68. The molecule has 0 spiro atoms. The molecule has 0 unspecified atom stereocenters. The number of aliphatic hydroxyl groups excluding tert-OH is 1. The van der Waals surface area contributed by atoms with Crippen LogP contribution in [0.5, 0.6) is 0 Å². The second-order valence-electron chi connectivity index (χ2n) is 4.95. The second-order valence-corrected chi connectivity index (χ2v) is 9.57. The van der Waals surface area contributed by atoms with Crippen molar-refractivity contribution in [2.75, 3.05) is 6.61 Å². The quantitative estimate of drug-likeness (QED) is 0.639. The molecule has 0 aliphatic heterocycles. The van der Waals surface area contributed by atoms with Crippen LogP contribution in [0.15, 0.2) is 53.3 Å². The number of hydrogen-bond donors (Lipinski definition) is 1. The maximum absolute atomic E-state index is 8.88. The lowest BCUT2D eigenvalue weighted by molar-refractivity contribution is 0.342. The van der Waals surface area contributed by atoms with Crippen LogP contribution < -0.4 is 5.19 Å². The van der Waals surface area contributed by atoms with E-state index in [4.69, 9.17) is 5.11 Å². The summed E-state index contributed by atoms with van der Waals surface area (Å²) in [6.07, 6.45) is 4.05. The first-order chi connectivity index (χ1) is 7.98. The highest BCUT2D eigenvalue weighted by molar-refractivity contribution is 6.95. The highest BCUT2D eigenvalue weighted by Crippen LogP contribution is 2.16. The van der Waals surface area contributed by atoms with Crippen molar-refractivity contribution in [2.24, 2.45) is 0 Å². The molecule has 0 aromatic heterocycles. The predicted molar refractivity (Wildman–Crippen MR) is 78.2 cm³/mol. The summed E-state index contributed by atoms with van der Waals surface area (Å²) in [5.41, 5.74) is 1.14. The average Bonchev–Trinajstić information content (AvgIpc) is 2.30. The minimum absolute atomic E-state index is 0.114. The highest BCUT2D eigenvalue weighted by atomic mass is 28.3. The van der Waals surface area contributed by atoms with Crippen molar-refractivity contribution in [1.82, 2.24) is 0 Å².